The minimum atomic E-state index is -1.12. The third-order valence-corrected chi connectivity index (χ3v) is 4.78. The Kier molecular flexibility index (Phi) is 13.2. The number of amides is 3. The van der Waals surface area contributed by atoms with Gasteiger partial charge in [0.25, 0.3) is 0 Å². The molecule has 3 N–H and O–H groups in total. The van der Waals surface area contributed by atoms with Gasteiger partial charge in [-0.25, -0.2) is 14.4 Å². The summed E-state index contributed by atoms with van der Waals surface area (Å²) in [5, 5.41) is 9.37. The fourth-order valence-electron chi connectivity index (χ4n) is 2.55. The molecule has 0 spiro atoms. The van der Waals surface area contributed by atoms with E-state index in [9.17, 15) is 19.5 Å². The van der Waals surface area contributed by atoms with Crippen molar-refractivity contribution in [2.75, 3.05) is 86.5 Å². The van der Waals surface area contributed by atoms with Gasteiger partial charge in [0.05, 0.1) is 13.2 Å². The number of rotatable bonds is 14. The van der Waals surface area contributed by atoms with Crippen molar-refractivity contribution >= 4 is 24.0 Å². The minimum absolute atomic E-state index is 0.0702. The first-order valence-corrected chi connectivity index (χ1v) is 10.9. The van der Waals surface area contributed by atoms with E-state index in [4.69, 9.17) is 19.9 Å². The highest BCUT2D eigenvalue weighted by atomic mass is 16.6. The molecule has 0 heterocycles. The number of hydrogen-bond acceptors (Lipinski definition) is 8. The fraction of sp³-hybridized carbons (Fsp3) is 0.591. The molecule has 1 aromatic rings. The summed E-state index contributed by atoms with van der Waals surface area (Å²) in [5.41, 5.74) is 7.04. The maximum Gasteiger partial charge on any atom is 0.409 e. The van der Waals surface area contributed by atoms with Crippen molar-refractivity contribution in [1.29, 1.82) is 0 Å². The van der Waals surface area contributed by atoms with E-state index in [0.29, 0.717) is 12.2 Å². The summed E-state index contributed by atoms with van der Waals surface area (Å²) in [6.45, 7) is 2.08. The number of nitrogen functional groups attached to an aromatic ring is 1. The summed E-state index contributed by atoms with van der Waals surface area (Å²) in [7, 11) is 7.02. The average Bonchev–Trinajstić information content (AvgIpc) is 2.80. The fourth-order valence-corrected chi connectivity index (χ4v) is 2.55. The average molecular weight is 484 g/mol. The standard InChI is InChI=1S/C22H37N5O7/c1-24(2)9-10-25(3)21(30)33-16-15-32-14-13-27(20(28)29)12-11-26(4)22(31)34-17-18-5-7-19(23)8-6-18/h5-8H,9-17,23H2,1-4H3,(H,28,29). The van der Waals surface area contributed by atoms with Gasteiger partial charge in [-0.1, -0.05) is 12.1 Å². The SMILES string of the molecule is CN(C)CCN(C)C(=O)OCCOCCN(CCN(C)C(=O)OCc1ccc(N)cc1)C(=O)O. The second-order valence-electron chi connectivity index (χ2n) is 7.94. The quantitative estimate of drug-likeness (QED) is 0.297. The van der Waals surface area contributed by atoms with Gasteiger partial charge in [-0.05, 0) is 31.8 Å². The number of carbonyl (C=O) groups excluding carboxylic acids is 2. The Bertz CT molecular complexity index is 761. The predicted molar refractivity (Wildman–Crippen MR) is 127 cm³/mol. The molecule has 0 saturated carbocycles. The van der Waals surface area contributed by atoms with Gasteiger partial charge in [0.15, 0.2) is 0 Å². The molecule has 0 aliphatic heterocycles. The molecule has 12 heteroatoms. The predicted octanol–water partition coefficient (Wildman–Crippen LogP) is 1.46. The second kappa shape index (κ2) is 15.6. The van der Waals surface area contributed by atoms with Crippen LogP contribution in [-0.2, 0) is 20.8 Å². The zero-order valence-corrected chi connectivity index (χ0v) is 20.4. The third-order valence-electron chi connectivity index (χ3n) is 4.78. The van der Waals surface area contributed by atoms with Gasteiger partial charge in [0, 0.05) is 52.5 Å². The highest BCUT2D eigenvalue weighted by Gasteiger charge is 2.16. The molecule has 0 bridgehead atoms. The van der Waals surface area contributed by atoms with Crippen molar-refractivity contribution in [3.05, 3.63) is 29.8 Å². The smallest absolute Gasteiger partial charge is 0.409 e. The minimum Gasteiger partial charge on any atom is -0.465 e. The summed E-state index contributed by atoms with van der Waals surface area (Å²) in [6.07, 6.45) is -2.12. The molecule has 1 aromatic carbocycles. The summed E-state index contributed by atoms with van der Waals surface area (Å²) in [4.78, 5) is 41.3. The maximum atomic E-state index is 12.1. The molecule has 192 valence electrons. The summed E-state index contributed by atoms with van der Waals surface area (Å²) in [5.74, 6) is 0. The molecule has 0 saturated heterocycles. The monoisotopic (exact) mass is 483 g/mol. The first-order valence-electron chi connectivity index (χ1n) is 10.9. The number of benzene rings is 1. The van der Waals surface area contributed by atoms with Crippen LogP contribution in [0.4, 0.5) is 20.1 Å². The Labute approximate surface area is 200 Å². The van der Waals surface area contributed by atoms with Gasteiger partial charge in [0.1, 0.15) is 13.2 Å². The van der Waals surface area contributed by atoms with Crippen LogP contribution in [0.15, 0.2) is 24.3 Å². The summed E-state index contributed by atoms with van der Waals surface area (Å²) in [6, 6.07) is 6.96. The van der Waals surface area contributed by atoms with Gasteiger partial charge < -0.3 is 44.7 Å². The molecule has 0 atom stereocenters. The summed E-state index contributed by atoms with van der Waals surface area (Å²) >= 11 is 0. The molecule has 34 heavy (non-hydrogen) atoms. The van der Waals surface area contributed by atoms with E-state index in [1.807, 2.05) is 19.0 Å². The van der Waals surface area contributed by atoms with Crippen LogP contribution >= 0.6 is 0 Å². The molecule has 0 aromatic heterocycles. The molecule has 0 aliphatic rings. The van der Waals surface area contributed by atoms with Crippen molar-refractivity contribution in [2.45, 2.75) is 6.61 Å². The van der Waals surface area contributed by atoms with Crippen LogP contribution in [0, 0.1) is 0 Å². The van der Waals surface area contributed by atoms with E-state index in [-0.39, 0.29) is 46.1 Å². The zero-order chi connectivity index (χ0) is 25.5. The Hall–Kier alpha value is -3.25. The van der Waals surface area contributed by atoms with Crippen LogP contribution in [0.1, 0.15) is 5.56 Å². The molecule has 0 radical (unpaired) electrons. The van der Waals surface area contributed by atoms with Gasteiger partial charge in [0.2, 0.25) is 0 Å². The maximum absolute atomic E-state index is 12.1. The number of hydrogen-bond donors (Lipinski definition) is 2. The van der Waals surface area contributed by atoms with Gasteiger partial charge in [-0.15, -0.1) is 0 Å². The van der Waals surface area contributed by atoms with E-state index in [0.717, 1.165) is 17.0 Å². The molecular weight excluding hydrogens is 446 g/mol. The number of nitrogens with zero attached hydrogens (tertiary/aromatic N) is 4. The van der Waals surface area contributed by atoms with Crippen LogP contribution in [-0.4, -0.2) is 124 Å². The van der Waals surface area contributed by atoms with Crippen molar-refractivity contribution in [2.24, 2.45) is 0 Å². The lowest BCUT2D eigenvalue weighted by molar-refractivity contribution is 0.0476. The van der Waals surface area contributed by atoms with Crippen LogP contribution in [0.25, 0.3) is 0 Å². The van der Waals surface area contributed by atoms with Crippen LogP contribution in [0.5, 0.6) is 0 Å². The third kappa shape index (κ3) is 12.1. The molecule has 1 rings (SSSR count). The first kappa shape index (κ1) is 28.8. The van der Waals surface area contributed by atoms with Crippen molar-refractivity contribution in [1.82, 2.24) is 19.6 Å². The van der Waals surface area contributed by atoms with E-state index in [1.165, 1.54) is 16.8 Å². The number of anilines is 1. The largest absolute Gasteiger partial charge is 0.465 e. The molecular formula is C22H37N5O7. The Morgan fingerprint density at radius 2 is 1.38 bits per heavy atom. The second-order valence-corrected chi connectivity index (χ2v) is 7.94. The number of ether oxygens (including phenoxy) is 3. The van der Waals surface area contributed by atoms with E-state index in [2.05, 4.69) is 0 Å². The topological polar surface area (TPSA) is 138 Å². The number of likely N-dealkylation sites (N-methyl/N-ethyl adjacent to an activating group) is 3. The van der Waals surface area contributed by atoms with Crippen LogP contribution in [0.2, 0.25) is 0 Å². The lowest BCUT2D eigenvalue weighted by atomic mass is 10.2. The van der Waals surface area contributed by atoms with Gasteiger partial charge in [-0.3, -0.25) is 0 Å². The van der Waals surface area contributed by atoms with Gasteiger partial charge in [-0.2, -0.15) is 0 Å². The van der Waals surface area contributed by atoms with Crippen LogP contribution in [0.3, 0.4) is 0 Å². The normalized spacial score (nSPS) is 10.6. The molecule has 3 amide bonds. The molecule has 0 unspecified atom stereocenters. The van der Waals surface area contributed by atoms with Crippen molar-refractivity contribution < 1.29 is 33.7 Å². The number of carbonyl (C=O) groups is 3. The van der Waals surface area contributed by atoms with Crippen LogP contribution < -0.4 is 5.73 Å². The first-order chi connectivity index (χ1) is 16.1. The zero-order valence-electron chi connectivity index (χ0n) is 20.4. The molecule has 0 fully saturated rings. The summed E-state index contributed by atoms with van der Waals surface area (Å²) < 4.78 is 15.7. The van der Waals surface area contributed by atoms with Gasteiger partial charge >= 0.3 is 18.3 Å². The highest BCUT2D eigenvalue weighted by Crippen LogP contribution is 2.07. The highest BCUT2D eigenvalue weighted by molar-refractivity contribution is 5.68. The molecule has 12 nitrogen and oxygen atoms in total. The van der Waals surface area contributed by atoms with E-state index < -0.39 is 18.3 Å². The molecule has 0 aliphatic carbocycles. The number of nitrogens with two attached hydrogens (primary N) is 1. The Balaban J connectivity index is 2.23. The van der Waals surface area contributed by atoms with Crippen molar-refractivity contribution in [3.63, 3.8) is 0 Å². The Morgan fingerprint density at radius 3 is 1.97 bits per heavy atom. The number of carboxylic acid groups (broad SMARTS) is 1. The van der Waals surface area contributed by atoms with E-state index in [1.54, 1.807) is 31.3 Å². The van der Waals surface area contributed by atoms with E-state index >= 15 is 0 Å². The van der Waals surface area contributed by atoms with Crippen molar-refractivity contribution in [3.8, 4) is 0 Å². The Morgan fingerprint density at radius 1 is 0.794 bits per heavy atom. The lowest BCUT2D eigenvalue weighted by Crippen LogP contribution is -2.40. The lowest BCUT2D eigenvalue weighted by Gasteiger charge is -2.23.